The molecule has 3 heterocycles. The lowest BCUT2D eigenvalue weighted by molar-refractivity contribution is -0.147. The number of ether oxygens (including phenoxy) is 1. The quantitative estimate of drug-likeness (QED) is 0.301. The highest BCUT2D eigenvalue weighted by atomic mass is 32.2. The number of aliphatic hydroxyl groups is 1. The van der Waals surface area contributed by atoms with Gasteiger partial charge in [0.15, 0.2) is 0 Å². The highest BCUT2D eigenvalue weighted by Gasteiger charge is 2.78. The summed E-state index contributed by atoms with van der Waals surface area (Å²) in [5, 5.41) is 10.6. The number of carbonyl (C=O) groups is 3. The van der Waals surface area contributed by atoms with Crippen molar-refractivity contribution in [3.8, 4) is 5.75 Å². The lowest BCUT2D eigenvalue weighted by atomic mass is 9.66. The van der Waals surface area contributed by atoms with Crippen LogP contribution in [-0.2, 0) is 14.4 Å². The van der Waals surface area contributed by atoms with Crippen LogP contribution in [0.2, 0.25) is 0 Å². The summed E-state index contributed by atoms with van der Waals surface area (Å²) in [6, 6.07) is 6.01. The Hall–Kier alpha value is -2.78. The van der Waals surface area contributed by atoms with E-state index in [-0.39, 0.29) is 42.8 Å². The second kappa shape index (κ2) is 13.1. The second-order valence-electron chi connectivity index (χ2n) is 12.6. The molecule has 1 N–H and O–H groups in total. The number of rotatable bonds is 14. The van der Waals surface area contributed by atoms with Crippen molar-refractivity contribution in [1.29, 1.82) is 0 Å². The standard InChI is InChI=1S/C34H49N3O5S/c1-9-19-35(22(5)6)32(41)29-34-18-17-33(8,43-34)27(28(34)31(40)37(29)26(21-38)23(7)11-3)30(39)36(20-10-2)24-13-15-25(16-14-24)42-12-4/h9-10,13-16,22-23,26-29,38H,1-2,11-12,17-21H2,3-8H3/t23-,26-,27+,28-,29?,33-,34?/m0/s1. The summed E-state index contributed by atoms with van der Waals surface area (Å²) < 4.78 is 4.33. The van der Waals surface area contributed by atoms with Crippen LogP contribution < -0.4 is 9.64 Å². The summed E-state index contributed by atoms with van der Waals surface area (Å²) in [6.45, 7) is 20.7. The van der Waals surface area contributed by atoms with Crippen molar-refractivity contribution in [1.82, 2.24) is 9.80 Å². The largest absolute Gasteiger partial charge is 0.494 e. The summed E-state index contributed by atoms with van der Waals surface area (Å²) in [5.41, 5.74) is 0.707. The molecule has 2 unspecified atom stereocenters. The number of hydrogen-bond acceptors (Lipinski definition) is 6. The third-order valence-electron chi connectivity index (χ3n) is 9.83. The molecule has 43 heavy (non-hydrogen) atoms. The maximum atomic E-state index is 14.8. The van der Waals surface area contributed by atoms with Crippen molar-refractivity contribution in [2.24, 2.45) is 17.8 Å². The number of likely N-dealkylation sites (tertiary alicyclic amines) is 1. The van der Waals surface area contributed by atoms with E-state index < -0.39 is 33.4 Å². The third kappa shape index (κ3) is 5.52. The van der Waals surface area contributed by atoms with Gasteiger partial charge in [0.1, 0.15) is 11.8 Å². The van der Waals surface area contributed by atoms with Crippen molar-refractivity contribution in [2.75, 3.05) is 31.2 Å². The average Bonchev–Trinajstić information content (AvgIpc) is 3.55. The Bertz CT molecular complexity index is 1220. The van der Waals surface area contributed by atoms with Crippen molar-refractivity contribution < 1.29 is 24.2 Å². The Labute approximate surface area is 261 Å². The number of anilines is 1. The lowest BCUT2D eigenvalue weighted by Gasteiger charge is -2.42. The molecular weight excluding hydrogens is 562 g/mol. The van der Waals surface area contributed by atoms with E-state index in [1.807, 2.05) is 58.9 Å². The number of thioether (sulfide) groups is 1. The van der Waals surface area contributed by atoms with Crippen LogP contribution in [-0.4, -0.2) is 86.6 Å². The van der Waals surface area contributed by atoms with E-state index >= 15 is 0 Å². The Morgan fingerprint density at radius 3 is 2.30 bits per heavy atom. The van der Waals surface area contributed by atoms with Gasteiger partial charge in [-0.3, -0.25) is 14.4 Å². The predicted molar refractivity (Wildman–Crippen MR) is 173 cm³/mol. The summed E-state index contributed by atoms with van der Waals surface area (Å²) in [6.07, 6.45) is 5.53. The summed E-state index contributed by atoms with van der Waals surface area (Å²) in [5.74, 6) is -1.08. The fraction of sp³-hybridized carbons (Fsp3) is 0.618. The molecule has 1 spiro atoms. The Balaban J connectivity index is 1.83. The molecule has 0 radical (unpaired) electrons. The minimum atomic E-state index is -0.776. The van der Waals surface area contributed by atoms with Gasteiger partial charge in [0.2, 0.25) is 17.7 Å². The van der Waals surface area contributed by atoms with Gasteiger partial charge in [-0.05, 0) is 70.7 Å². The lowest BCUT2D eigenvalue weighted by Crippen LogP contribution is -2.59. The fourth-order valence-electron chi connectivity index (χ4n) is 7.55. The zero-order valence-corrected chi connectivity index (χ0v) is 27.4. The molecule has 0 aromatic heterocycles. The number of amides is 3. The van der Waals surface area contributed by atoms with Gasteiger partial charge in [0.05, 0.1) is 35.8 Å². The van der Waals surface area contributed by atoms with Crippen LogP contribution in [0.5, 0.6) is 5.75 Å². The van der Waals surface area contributed by atoms with Crippen LogP contribution in [0, 0.1) is 17.8 Å². The van der Waals surface area contributed by atoms with Crippen LogP contribution in [0.25, 0.3) is 0 Å². The second-order valence-corrected chi connectivity index (χ2v) is 14.5. The van der Waals surface area contributed by atoms with E-state index in [2.05, 4.69) is 20.1 Å². The molecule has 1 aromatic carbocycles. The van der Waals surface area contributed by atoms with E-state index in [9.17, 15) is 19.5 Å². The Morgan fingerprint density at radius 2 is 1.77 bits per heavy atom. The number of carbonyl (C=O) groups excluding carboxylic acids is 3. The monoisotopic (exact) mass is 611 g/mol. The van der Waals surface area contributed by atoms with Gasteiger partial charge in [-0.25, -0.2) is 0 Å². The molecule has 0 saturated carbocycles. The molecule has 9 heteroatoms. The predicted octanol–water partition coefficient (Wildman–Crippen LogP) is 4.92. The molecule has 3 amide bonds. The van der Waals surface area contributed by atoms with Gasteiger partial charge in [-0.1, -0.05) is 32.4 Å². The zero-order chi connectivity index (χ0) is 31.7. The summed E-state index contributed by atoms with van der Waals surface area (Å²) in [4.78, 5) is 49.2. The third-order valence-corrected chi connectivity index (χ3v) is 11.8. The van der Waals surface area contributed by atoms with Gasteiger partial charge in [0.25, 0.3) is 0 Å². The molecule has 236 valence electrons. The molecule has 1 aromatic rings. The summed E-state index contributed by atoms with van der Waals surface area (Å²) >= 11 is 1.66. The number of hydrogen-bond donors (Lipinski definition) is 1. The van der Waals surface area contributed by atoms with E-state index in [0.717, 1.165) is 18.6 Å². The van der Waals surface area contributed by atoms with Gasteiger partial charge in [-0.15, -0.1) is 24.9 Å². The van der Waals surface area contributed by atoms with Crippen LogP contribution in [0.1, 0.15) is 60.8 Å². The molecule has 7 atom stereocenters. The first-order valence-electron chi connectivity index (χ1n) is 15.7. The molecule has 4 rings (SSSR count). The molecule has 0 aliphatic carbocycles. The fourth-order valence-corrected chi connectivity index (χ4v) is 9.88. The number of benzene rings is 1. The summed E-state index contributed by atoms with van der Waals surface area (Å²) in [7, 11) is 0. The Kier molecular flexibility index (Phi) is 10.1. The van der Waals surface area contributed by atoms with Crippen molar-refractivity contribution in [3.05, 3.63) is 49.6 Å². The van der Waals surface area contributed by atoms with E-state index in [4.69, 9.17) is 4.74 Å². The molecule has 3 saturated heterocycles. The molecule has 3 aliphatic heterocycles. The van der Waals surface area contributed by atoms with Crippen LogP contribution in [0.15, 0.2) is 49.6 Å². The normalized spacial score (nSPS) is 28.9. The molecule has 2 bridgehead atoms. The maximum absolute atomic E-state index is 14.8. The highest BCUT2D eigenvalue weighted by molar-refractivity contribution is 8.02. The number of aliphatic hydroxyl groups excluding tert-OH is 1. The number of fused-ring (bicyclic) bond motifs is 1. The zero-order valence-electron chi connectivity index (χ0n) is 26.6. The SMILES string of the molecule is C=CCN(C(=O)[C@H]1[C@H]2C(=O)N([C@@H](CO)[C@@H](C)CC)C(C(=O)N(CC=C)C(C)C)C23CC[C@]1(C)S3)c1ccc(OCC)cc1. The Morgan fingerprint density at radius 1 is 1.12 bits per heavy atom. The van der Waals surface area contributed by atoms with Crippen LogP contribution >= 0.6 is 11.8 Å². The molecule has 3 aliphatic rings. The van der Waals surface area contributed by atoms with Crippen LogP contribution in [0.3, 0.4) is 0 Å². The maximum Gasteiger partial charge on any atom is 0.247 e. The first kappa shape index (κ1) is 33.1. The topological polar surface area (TPSA) is 90.4 Å². The molecular formula is C34H49N3O5S. The number of nitrogens with zero attached hydrogens (tertiary/aromatic N) is 3. The van der Waals surface area contributed by atoms with E-state index in [1.165, 1.54) is 0 Å². The first-order valence-corrected chi connectivity index (χ1v) is 16.5. The van der Waals surface area contributed by atoms with Gasteiger partial charge < -0.3 is 24.5 Å². The van der Waals surface area contributed by atoms with E-state index in [1.54, 1.807) is 38.6 Å². The smallest absolute Gasteiger partial charge is 0.247 e. The minimum Gasteiger partial charge on any atom is -0.494 e. The van der Waals surface area contributed by atoms with Crippen LogP contribution in [0.4, 0.5) is 5.69 Å². The van der Waals surface area contributed by atoms with Crippen molar-refractivity contribution >= 4 is 35.2 Å². The van der Waals surface area contributed by atoms with Gasteiger partial charge in [-0.2, -0.15) is 0 Å². The minimum absolute atomic E-state index is 0.0283. The first-order chi connectivity index (χ1) is 20.5. The van der Waals surface area contributed by atoms with Crippen molar-refractivity contribution in [3.63, 3.8) is 0 Å². The average molecular weight is 612 g/mol. The van der Waals surface area contributed by atoms with Gasteiger partial charge >= 0.3 is 0 Å². The van der Waals surface area contributed by atoms with E-state index in [0.29, 0.717) is 25.3 Å². The van der Waals surface area contributed by atoms with Crippen molar-refractivity contribution in [2.45, 2.75) is 88.4 Å². The molecule has 3 fully saturated rings. The van der Waals surface area contributed by atoms with Gasteiger partial charge in [0, 0.05) is 29.6 Å². The molecule has 8 nitrogen and oxygen atoms in total. The highest BCUT2D eigenvalue weighted by Crippen LogP contribution is 2.72.